The molecule has 168 valence electrons. The third-order valence-corrected chi connectivity index (χ3v) is 6.93. The van der Waals surface area contributed by atoms with E-state index in [1.807, 2.05) is 18.2 Å². The molecule has 6 nitrogen and oxygen atoms in total. The van der Waals surface area contributed by atoms with Crippen LogP contribution in [0.4, 0.5) is 5.69 Å². The molecule has 0 aliphatic carbocycles. The fourth-order valence-corrected chi connectivity index (χ4v) is 4.93. The molecule has 0 saturated carbocycles. The van der Waals surface area contributed by atoms with Gasteiger partial charge in [-0.15, -0.1) is 0 Å². The Morgan fingerprint density at radius 2 is 1.77 bits per heavy atom. The van der Waals surface area contributed by atoms with Gasteiger partial charge in [-0.2, -0.15) is 0 Å². The van der Waals surface area contributed by atoms with Crippen molar-refractivity contribution in [2.45, 2.75) is 39.3 Å². The largest absolute Gasteiger partial charge is 0.350 e. The van der Waals surface area contributed by atoms with Crippen molar-refractivity contribution in [2.75, 3.05) is 30.2 Å². The number of anilines is 1. The summed E-state index contributed by atoms with van der Waals surface area (Å²) in [5.74, 6) is -0.363. The first kappa shape index (κ1) is 23.6. The molecule has 1 amide bonds. The highest BCUT2D eigenvalue weighted by molar-refractivity contribution is 7.92. The van der Waals surface area contributed by atoms with Crippen molar-refractivity contribution >= 4 is 33.2 Å². The number of hydrogen-bond acceptors (Lipinski definition) is 4. The van der Waals surface area contributed by atoms with Crippen LogP contribution < -0.4 is 9.62 Å². The first-order valence-corrected chi connectivity index (χ1v) is 12.8. The van der Waals surface area contributed by atoms with Gasteiger partial charge in [0.25, 0.3) is 0 Å². The molecule has 1 fully saturated rings. The molecule has 1 aliphatic heterocycles. The van der Waals surface area contributed by atoms with Crippen molar-refractivity contribution in [3.8, 4) is 0 Å². The van der Waals surface area contributed by atoms with E-state index in [4.69, 9.17) is 11.6 Å². The average molecular weight is 464 g/mol. The fraction of sp³-hybridized carbons (Fsp3) is 0.435. The quantitative estimate of drug-likeness (QED) is 0.647. The summed E-state index contributed by atoms with van der Waals surface area (Å²) >= 11 is 6.06. The van der Waals surface area contributed by atoms with Crippen LogP contribution in [0.1, 0.15) is 36.0 Å². The maximum atomic E-state index is 12.7. The van der Waals surface area contributed by atoms with Gasteiger partial charge in [0.05, 0.1) is 11.9 Å². The molecule has 0 bridgehead atoms. The van der Waals surface area contributed by atoms with Crippen LogP contribution in [-0.2, 0) is 27.9 Å². The molecule has 1 N–H and O–H groups in total. The summed E-state index contributed by atoms with van der Waals surface area (Å²) in [5.41, 5.74) is 3.38. The van der Waals surface area contributed by atoms with Crippen molar-refractivity contribution in [3.63, 3.8) is 0 Å². The standard InChI is InChI=1S/C23H30ClN3O3S/c1-18-10-11-21(24)14-22(18)27(31(2,29)30)17-23(28)25-15-19-8-4-5-9-20(19)16-26-12-6-3-7-13-26/h4-5,8-11,14H,3,6-7,12-13,15-17H2,1-2H3,(H,25,28). The number of hydrogen-bond donors (Lipinski definition) is 1. The normalized spacial score (nSPS) is 14.9. The van der Waals surface area contributed by atoms with E-state index in [0.29, 0.717) is 17.3 Å². The average Bonchev–Trinajstić information content (AvgIpc) is 2.73. The van der Waals surface area contributed by atoms with Crippen LogP contribution in [-0.4, -0.2) is 45.1 Å². The second kappa shape index (κ2) is 10.5. The number of rotatable bonds is 8. The van der Waals surface area contributed by atoms with Crippen molar-refractivity contribution < 1.29 is 13.2 Å². The Morgan fingerprint density at radius 3 is 2.45 bits per heavy atom. The van der Waals surface area contributed by atoms with Gasteiger partial charge in [0.2, 0.25) is 15.9 Å². The lowest BCUT2D eigenvalue weighted by Gasteiger charge is -2.27. The van der Waals surface area contributed by atoms with E-state index >= 15 is 0 Å². The highest BCUT2D eigenvalue weighted by Crippen LogP contribution is 2.26. The number of benzene rings is 2. The Balaban J connectivity index is 1.68. The SMILES string of the molecule is Cc1ccc(Cl)cc1N(CC(=O)NCc1ccccc1CN1CCCCC1)S(C)(=O)=O. The molecular formula is C23H30ClN3O3S. The van der Waals surface area contributed by atoms with Gasteiger partial charge < -0.3 is 5.32 Å². The van der Waals surface area contributed by atoms with Crippen molar-refractivity contribution in [3.05, 3.63) is 64.2 Å². The van der Waals surface area contributed by atoms with Crippen LogP contribution in [0, 0.1) is 6.92 Å². The molecule has 1 heterocycles. The van der Waals surface area contributed by atoms with Gasteiger partial charge in [-0.3, -0.25) is 14.0 Å². The molecule has 2 aromatic rings. The minimum Gasteiger partial charge on any atom is -0.350 e. The van der Waals surface area contributed by atoms with Crippen LogP contribution in [0.15, 0.2) is 42.5 Å². The molecule has 2 aromatic carbocycles. The predicted octanol–water partition coefficient (Wildman–Crippen LogP) is 3.72. The Labute approximate surface area is 190 Å². The minimum atomic E-state index is -3.66. The zero-order chi connectivity index (χ0) is 22.4. The van der Waals surface area contributed by atoms with Gasteiger partial charge in [0, 0.05) is 18.1 Å². The molecule has 0 aromatic heterocycles. The fourth-order valence-electron chi connectivity index (χ4n) is 3.86. The maximum absolute atomic E-state index is 12.7. The molecule has 0 unspecified atom stereocenters. The molecule has 8 heteroatoms. The summed E-state index contributed by atoms with van der Waals surface area (Å²) in [6.07, 6.45) is 4.83. The zero-order valence-electron chi connectivity index (χ0n) is 18.1. The highest BCUT2D eigenvalue weighted by atomic mass is 35.5. The minimum absolute atomic E-state index is 0.297. The molecular weight excluding hydrogens is 434 g/mol. The summed E-state index contributed by atoms with van der Waals surface area (Å²) in [4.78, 5) is 15.1. The Bertz CT molecular complexity index is 1020. The Kier molecular flexibility index (Phi) is 7.97. The van der Waals surface area contributed by atoms with Crippen LogP contribution >= 0.6 is 11.6 Å². The highest BCUT2D eigenvalue weighted by Gasteiger charge is 2.23. The summed E-state index contributed by atoms with van der Waals surface area (Å²) in [6, 6.07) is 13.1. The van der Waals surface area contributed by atoms with Gasteiger partial charge in [0.1, 0.15) is 6.54 Å². The Hall–Kier alpha value is -2.09. The lowest BCUT2D eigenvalue weighted by molar-refractivity contribution is -0.119. The number of piperidine rings is 1. The number of nitrogens with zero attached hydrogens (tertiary/aromatic N) is 2. The molecule has 3 rings (SSSR count). The van der Waals surface area contributed by atoms with Gasteiger partial charge in [-0.05, 0) is 61.7 Å². The van der Waals surface area contributed by atoms with E-state index in [0.717, 1.165) is 41.3 Å². The molecule has 1 aliphatic rings. The summed E-state index contributed by atoms with van der Waals surface area (Å²) < 4.78 is 25.9. The first-order chi connectivity index (χ1) is 14.7. The summed E-state index contributed by atoms with van der Waals surface area (Å²) in [5, 5.41) is 3.30. The number of sulfonamides is 1. The number of aryl methyl sites for hydroxylation is 1. The van der Waals surface area contributed by atoms with Crippen molar-refractivity contribution in [1.82, 2.24) is 10.2 Å². The Morgan fingerprint density at radius 1 is 1.10 bits per heavy atom. The number of carbonyl (C=O) groups excluding carboxylic acids is 1. The third kappa shape index (κ3) is 6.69. The van der Waals surface area contributed by atoms with Crippen LogP contribution in [0.25, 0.3) is 0 Å². The first-order valence-electron chi connectivity index (χ1n) is 10.5. The van der Waals surface area contributed by atoms with E-state index in [-0.39, 0.29) is 12.5 Å². The summed E-state index contributed by atoms with van der Waals surface area (Å²) in [7, 11) is -3.66. The molecule has 0 spiro atoms. The summed E-state index contributed by atoms with van der Waals surface area (Å²) in [6.45, 7) is 4.91. The maximum Gasteiger partial charge on any atom is 0.241 e. The lowest BCUT2D eigenvalue weighted by atomic mass is 10.0. The lowest BCUT2D eigenvalue weighted by Crippen LogP contribution is -2.40. The van der Waals surface area contributed by atoms with Gasteiger partial charge in [-0.25, -0.2) is 8.42 Å². The van der Waals surface area contributed by atoms with Crippen molar-refractivity contribution in [2.24, 2.45) is 0 Å². The smallest absolute Gasteiger partial charge is 0.241 e. The van der Waals surface area contributed by atoms with E-state index in [2.05, 4.69) is 16.3 Å². The topological polar surface area (TPSA) is 69.7 Å². The third-order valence-electron chi connectivity index (χ3n) is 5.56. The van der Waals surface area contributed by atoms with Crippen LogP contribution in [0.5, 0.6) is 0 Å². The molecule has 0 atom stereocenters. The predicted molar refractivity (Wildman–Crippen MR) is 126 cm³/mol. The number of likely N-dealkylation sites (tertiary alicyclic amines) is 1. The second-order valence-electron chi connectivity index (χ2n) is 8.08. The van der Waals surface area contributed by atoms with Gasteiger partial charge in [-0.1, -0.05) is 48.4 Å². The molecule has 0 radical (unpaired) electrons. The number of carbonyl (C=O) groups is 1. The van der Waals surface area contributed by atoms with E-state index in [9.17, 15) is 13.2 Å². The van der Waals surface area contributed by atoms with E-state index < -0.39 is 10.0 Å². The van der Waals surface area contributed by atoms with E-state index in [1.54, 1.807) is 25.1 Å². The molecule has 31 heavy (non-hydrogen) atoms. The monoisotopic (exact) mass is 463 g/mol. The second-order valence-corrected chi connectivity index (χ2v) is 10.4. The van der Waals surface area contributed by atoms with Crippen LogP contribution in [0.3, 0.4) is 0 Å². The zero-order valence-corrected chi connectivity index (χ0v) is 19.7. The van der Waals surface area contributed by atoms with E-state index in [1.165, 1.54) is 24.8 Å². The number of nitrogens with one attached hydrogen (secondary N) is 1. The molecule has 1 saturated heterocycles. The van der Waals surface area contributed by atoms with Crippen LogP contribution in [0.2, 0.25) is 5.02 Å². The van der Waals surface area contributed by atoms with Crippen molar-refractivity contribution in [1.29, 1.82) is 0 Å². The van der Waals surface area contributed by atoms with Gasteiger partial charge >= 0.3 is 0 Å². The number of amides is 1. The number of halogens is 1. The van der Waals surface area contributed by atoms with Gasteiger partial charge in [0.15, 0.2) is 0 Å².